The Hall–Kier alpha value is -3.86. The molecule has 1 aliphatic heterocycles. The quantitative estimate of drug-likeness (QED) is 0.474. The van der Waals surface area contributed by atoms with E-state index < -0.39 is 0 Å². The maximum atomic E-state index is 13.1. The maximum Gasteiger partial charge on any atom is 0.265 e. The fourth-order valence-electron chi connectivity index (χ4n) is 3.82. The van der Waals surface area contributed by atoms with Crippen molar-refractivity contribution < 1.29 is 14.3 Å². The lowest BCUT2D eigenvalue weighted by Gasteiger charge is -2.29. The first-order valence-electron chi connectivity index (χ1n) is 10.3. The summed E-state index contributed by atoms with van der Waals surface area (Å²) in [5.74, 6) is 1.28. The molecule has 2 heterocycles. The number of para-hydroxylation sites is 1. The van der Waals surface area contributed by atoms with E-state index in [4.69, 9.17) is 14.5 Å². The molecule has 0 bridgehead atoms. The third-order valence-electron chi connectivity index (χ3n) is 5.38. The number of anilines is 1. The third-order valence-corrected chi connectivity index (χ3v) is 5.38. The van der Waals surface area contributed by atoms with Gasteiger partial charge in [-0.05, 0) is 36.8 Å². The van der Waals surface area contributed by atoms with Gasteiger partial charge in [0.1, 0.15) is 18.1 Å². The molecule has 0 unspecified atom stereocenters. The summed E-state index contributed by atoms with van der Waals surface area (Å²) in [5.41, 5.74) is 4.52. The Labute approximate surface area is 180 Å². The van der Waals surface area contributed by atoms with Gasteiger partial charge in [-0.1, -0.05) is 48.5 Å². The number of pyridine rings is 1. The second kappa shape index (κ2) is 8.11. The van der Waals surface area contributed by atoms with Gasteiger partial charge in [-0.3, -0.25) is 4.79 Å². The molecule has 0 radical (unpaired) electrons. The van der Waals surface area contributed by atoms with Crippen LogP contribution in [-0.4, -0.2) is 30.6 Å². The van der Waals surface area contributed by atoms with Crippen LogP contribution in [0.3, 0.4) is 0 Å². The minimum atomic E-state index is -0.0997. The Kier molecular flexibility index (Phi) is 5.00. The first-order valence-corrected chi connectivity index (χ1v) is 10.3. The number of hydrogen-bond donors (Lipinski definition) is 0. The van der Waals surface area contributed by atoms with Gasteiger partial charge in [0.25, 0.3) is 5.91 Å². The van der Waals surface area contributed by atoms with Crippen molar-refractivity contribution in [3.05, 3.63) is 84.4 Å². The molecule has 1 aliphatic rings. The smallest absolute Gasteiger partial charge is 0.265 e. The van der Waals surface area contributed by atoms with Crippen LogP contribution < -0.4 is 14.4 Å². The molecule has 0 spiro atoms. The molecule has 5 rings (SSSR count). The second-order valence-electron chi connectivity index (χ2n) is 7.54. The van der Waals surface area contributed by atoms with Crippen molar-refractivity contribution in [2.75, 3.05) is 24.7 Å². The molecule has 3 aromatic carbocycles. The van der Waals surface area contributed by atoms with Crippen molar-refractivity contribution in [2.45, 2.75) is 6.92 Å². The topological polar surface area (TPSA) is 51.7 Å². The first kappa shape index (κ1) is 19.1. The zero-order chi connectivity index (χ0) is 21.2. The third kappa shape index (κ3) is 3.82. The lowest BCUT2D eigenvalue weighted by Crippen LogP contribution is -2.40. The van der Waals surface area contributed by atoms with E-state index in [1.54, 1.807) is 4.90 Å². The molecule has 5 heteroatoms. The van der Waals surface area contributed by atoms with Crippen LogP contribution in [0.2, 0.25) is 0 Å². The number of benzene rings is 3. The minimum absolute atomic E-state index is 0.0599. The van der Waals surface area contributed by atoms with Gasteiger partial charge in [0.15, 0.2) is 6.61 Å². The summed E-state index contributed by atoms with van der Waals surface area (Å²) in [5, 5.41) is 0.883. The standard InChI is InChI=1S/C26H22N2O3/c1-18-11-12-24-23(15-18)28(13-14-30-24)26(29)17-31-25-16-22(19-7-3-2-4-8-19)27-21-10-6-5-9-20(21)25/h2-12,15-16H,13-14,17H2,1H3. The predicted molar refractivity (Wildman–Crippen MR) is 122 cm³/mol. The summed E-state index contributed by atoms with van der Waals surface area (Å²) in [6.45, 7) is 2.92. The van der Waals surface area contributed by atoms with Crippen LogP contribution in [0, 0.1) is 6.92 Å². The number of fused-ring (bicyclic) bond motifs is 2. The molecule has 1 amide bonds. The van der Waals surface area contributed by atoms with E-state index in [0.717, 1.165) is 39.2 Å². The molecule has 0 N–H and O–H groups in total. The molecule has 1 aromatic heterocycles. The summed E-state index contributed by atoms with van der Waals surface area (Å²) in [7, 11) is 0. The first-order chi connectivity index (χ1) is 15.2. The van der Waals surface area contributed by atoms with Crippen LogP contribution in [0.5, 0.6) is 11.5 Å². The number of rotatable bonds is 4. The summed E-state index contributed by atoms with van der Waals surface area (Å²) in [4.78, 5) is 19.6. The minimum Gasteiger partial charge on any atom is -0.490 e. The fourth-order valence-corrected chi connectivity index (χ4v) is 3.82. The molecule has 5 nitrogen and oxygen atoms in total. The zero-order valence-electron chi connectivity index (χ0n) is 17.2. The van der Waals surface area contributed by atoms with E-state index in [2.05, 4.69) is 0 Å². The molecule has 0 aliphatic carbocycles. The Bertz CT molecular complexity index is 1250. The fraction of sp³-hybridized carbons (Fsp3) is 0.154. The average Bonchev–Trinajstić information content (AvgIpc) is 2.82. The highest BCUT2D eigenvalue weighted by Gasteiger charge is 2.24. The average molecular weight is 410 g/mol. The van der Waals surface area contributed by atoms with E-state index in [9.17, 15) is 4.79 Å². The van der Waals surface area contributed by atoms with Crippen molar-refractivity contribution in [3.63, 3.8) is 0 Å². The molecule has 0 saturated carbocycles. The number of nitrogens with zero attached hydrogens (tertiary/aromatic N) is 2. The molecular formula is C26H22N2O3. The SMILES string of the molecule is Cc1ccc2c(c1)N(C(=O)COc1cc(-c3ccccc3)nc3ccccc13)CCO2. The Morgan fingerprint density at radius 1 is 1.03 bits per heavy atom. The van der Waals surface area contributed by atoms with Crippen LogP contribution in [0.4, 0.5) is 5.69 Å². The molecule has 0 saturated heterocycles. The maximum absolute atomic E-state index is 13.1. The van der Waals surface area contributed by atoms with E-state index in [0.29, 0.717) is 18.9 Å². The van der Waals surface area contributed by atoms with Gasteiger partial charge in [-0.25, -0.2) is 4.98 Å². The second-order valence-corrected chi connectivity index (χ2v) is 7.54. The highest BCUT2D eigenvalue weighted by Crippen LogP contribution is 2.33. The van der Waals surface area contributed by atoms with Gasteiger partial charge in [-0.15, -0.1) is 0 Å². The number of ether oxygens (including phenoxy) is 2. The van der Waals surface area contributed by atoms with Crippen LogP contribution in [0.25, 0.3) is 22.2 Å². The Morgan fingerprint density at radius 2 is 1.84 bits per heavy atom. The van der Waals surface area contributed by atoms with Crippen molar-refractivity contribution in [1.29, 1.82) is 0 Å². The predicted octanol–water partition coefficient (Wildman–Crippen LogP) is 5.01. The van der Waals surface area contributed by atoms with Crippen LogP contribution in [-0.2, 0) is 4.79 Å². The summed E-state index contributed by atoms with van der Waals surface area (Å²) >= 11 is 0. The lowest BCUT2D eigenvalue weighted by atomic mass is 10.1. The molecule has 0 atom stereocenters. The number of hydrogen-bond acceptors (Lipinski definition) is 4. The van der Waals surface area contributed by atoms with E-state index in [-0.39, 0.29) is 12.5 Å². The number of carbonyl (C=O) groups excluding carboxylic acids is 1. The number of carbonyl (C=O) groups is 1. The molecule has 0 fully saturated rings. The molecule has 4 aromatic rings. The van der Waals surface area contributed by atoms with Crippen LogP contribution in [0.15, 0.2) is 78.9 Å². The Morgan fingerprint density at radius 3 is 2.71 bits per heavy atom. The largest absolute Gasteiger partial charge is 0.490 e. The van der Waals surface area contributed by atoms with Crippen molar-refractivity contribution >= 4 is 22.5 Å². The van der Waals surface area contributed by atoms with Gasteiger partial charge in [0.2, 0.25) is 0 Å². The van der Waals surface area contributed by atoms with E-state index in [1.807, 2.05) is 85.8 Å². The summed E-state index contributed by atoms with van der Waals surface area (Å²) in [6, 6.07) is 25.5. The van der Waals surface area contributed by atoms with Gasteiger partial charge >= 0.3 is 0 Å². The Balaban J connectivity index is 1.44. The molecule has 154 valence electrons. The zero-order valence-corrected chi connectivity index (χ0v) is 17.2. The summed E-state index contributed by atoms with van der Waals surface area (Å²) < 4.78 is 11.8. The van der Waals surface area contributed by atoms with Gasteiger partial charge in [0.05, 0.1) is 23.4 Å². The number of aryl methyl sites for hydroxylation is 1. The highest BCUT2D eigenvalue weighted by atomic mass is 16.5. The number of aromatic nitrogens is 1. The monoisotopic (exact) mass is 410 g/mol. The molecule has 31 heavy (non-hydrogen) atoms. The van der Waals surface area contributed by atoms with Gasteiger partial charge in [0, 0.05) is 17.0 Å². The van der Waals surface area contributed by atoms with Crippen LogP contribution >= 0.6 is 0 Å². The van der Waals surface area contributed by atoms with Gasteiger partial charge < -0.3 is 14.4 Å². The van der Waals surface area contributed by atoms with Crippen molar-refractivity contribution in [3.8, 4) is 22.8 Å². The van der Waals surface area contributed by atoms with Gasteiger partial charge in [-0.2, -0.15) is 0 Å². The van der Waals surface area contributed by atoms with E-state index in [1.165, 1.54) is 0 Å². The molecular weight excluding hydrogens is 388 g/mol. The van der Waals surface area contributed by atoms with Crippen molar-refractivity contribution in [2.24, 2.45) is 0 Å². The van der Waals surface area contributed by atoms with Crippen LogP contribution in [0.1, 0.15) is 5.56 Å². The highest BCUT2D eigenvalue weighted by molar-refractivity contribution is 5.97. The number of amides is 1. The van der Waals surface area contributed by atoms with Crippen molar-refractivity contribution in [1.82, 2.24) is 4.98 Å². The summed E-state index contributed by atoms with van der Waals surface area (Å²) in [6.07, 6.45) is 0. The van der Waals surface area contributed by atoms with E-state index >= 15 is 0 Å². The lowest BCUT2D eigenvalue weighted by molar-refractivity contribution is -0.120. The normalized spacial score (nSPS) is 12.9.